The second-order valence-electron chi connectivity index (χ2n) is 3.30. The van der Waals surface area contributed by atoms with Crippen molar-refractivity contribution < 1.29 is 9.90 Å². The molecule has 0 saturated heterocycles. The van der Waals surface area contributed by atoms with Crippen molar-refractivity contribution >= 4 is 11.5 Å². The van der Waals surface area contributed by atoms with Crippen molar-refractivity contribution in [2.45, 2.75) is 33.1 Å². The molecular weight excluding hydrogens is 166 g/mol. The molecule has 3 nitrogen and oxygen atoms in total. The Morgan fingerprint density at radius 3 is 2.46 bits per heavy atom. The summed E-state index contributed by atoms with van der Waals surface area (Å²) in [7, 11) is 0. The number of carbonyl (C=O) groups excluding carboxylic acids is 1. The number of aliphatic hydroxyl groups excluding tert-OH is 1. The van der Waals surface area contributed by atoms with Gasteiger partial charge in [-0.3, -0.25) is 9.79 Å². The topological polar surface area (TPSA) is 49.7 Å². The van der Waals surface area contributed by atoms with Crippen LogP contribution in [-0.2, 0) is 4.79 Å². The predicted molar refractivity (Wildman–Crippen MR) is 52.2 cm³/mol. The summed E-state index contributed by atoms with van der Waals surface area (Å²) in [5, 5.41) is 9.31. The van der Waals surface area contributed by atoms with Crippen LogP contribution in [0.25, 0.3) is 0 Å². The largest absolute Gasteiger partial charge is 0.512 e. The van der Waals surface area contributed by atoms with Crippen molar-refractivity contribution in [1.29, 1.82) is 0 Å². The summed E-state index contributed by atoms with van der Waals surface area (Å²) in [5.41, 5.74) is 1.19. The van der Waals surface area contributed by atoms with E-state index in [0.717, 1.165) is 31.5 Å². The maximum Gasteiger partial charge on any atom is 0.164 e. The molecule has 0 aliphatic carbocycles. The van der Waals surface area contributed by atoms with Gasteiger partial charge >= 0.3 is 0 Å². The number of Topliss-reactive ketones (excluding diaryl/α,β-unsaturated/α-hetero) is 1. The van der Waals surface area contributed by atoms with Gasteiger partial charge in [0.15, 0.2) is 5.78 Å². The zero-order chi connectivity index (χ0) is 9.84. The summed E-state index contributed by atoms with van der Waals surface area (Å²) in [4.78, 5) is 15.4. The highest BCUT2D eigenvalue weighted by Crippen LogP contribution is 2.15. The van der Waals surface area contributed by atoms with Crippen LogP contribution >= 0.6 is 0 Å². The van der Waals surface area contributed by atoms with E-state index in [1.807, 2.05) is 0 Å². The van der Waals surface area contributed by atoms with Crippen molar-refractivity contribution in [2.24, 2.45) is 4.99 Å². The molecule has 1 rings (SSSR count). The molecule has 0 unspecified atom stereocenters. The number of carbonyl (C=O) groups is 1. The molecule has 13 heavy (non-hydrogen) atoms. The normalized spacial score (nSPS) is 19.1. The van der Waals surface area contributed by atoms with Crippen molar-refractivity contribution in [3.8, 4) is 0 Å². The van der Waals surface area contributed by atoms with Crippen molar-refractivity contribution in [2.75, 3.05) is 6.54 Å². The Hall–Kier alpha value is -1.12. The smallest absolute Gasteiger partial charge is 0.164 e. The molecule has 1 aliphatic rings. The van der Waals surface area contributed by atoms with E-state index >= 15 is 0 Å². The molecule has 0 aromatic heterocycles. The SMILES string of the molecule is CC(=O)C(C1=NCCCC1)=C(C)O. The summed E-state index contributed by atoms with van der Waals surface area (Å²) in [6.45, 7) is 3.78. The second kappa shape index (κ2) is 4.21. The summed E-state index contributed by atoms with van der Waals surface area (Å²) in [6, 6.07) is 0. The van der Waals surface area contributed by atoms with Crippen molar-refractivity contribution in [3.63, 3.8) is 0 Å². The van der Waals surface area contributed by atoms with Crippen LogP contribution in [0.4, 0.5) is 0 Å². The second-order valence-corrected chi connectivity index (χ2v) is 3.30. The van der Waals surface area contributed by atoms with E-state index in [9.17, 15) is 9.90 Å². The third-order valence-corrected chi connectivity index (χ3v) is 2.13. The molecule has 1 N–H and O–H groups in total. The average Bonchev–Trinajstić information content (AvgIpc) is 2.04. The van der Waals surface area contributed by atoms with Gasteiger partial charge in [0.05, 0.1) is 5.57 Å². The number of rotatable bonds is 2. The van der Waals surface area contributed by atoms with Crippen LogP contribution in [0.3, 0.4) is 0 Å². The molecule has 0 bridgehead atoms. The number of allylic oxidation sites excluding steroid dienone is 2. The third-order valence-electron chi connectivity index (χ3n) is 2.13. The number of aliphatic hydroxyl groups is 1. The highest BCUT2D eigenvalue weighted by atomic mass is 16.3. The molecule has 0 amide bonds. The van der Waals surface area contributed by atoms with Crippen LogP contribution in [0.1, 0.15) is 33.1 Å². The quantitative estimate of drug-likeness (QED) is 0.523. The standard InChI is InChI=1S/C10H15NO2/c1-7(12)10(8(2)13)9-5-3-4-6-11-9/h12H,3-6H2,1-2H3. The highest BCUT2D eigenvalue weighted by Gasteiger charge is 2.16. The van der Waals surface area contributed by atoms with Crippen LogP contribution in [-0.4, -0.2) is 23.1 Å². The van der Waals surface area contributed by atoms with E-state index in [2.05, 4.69) is 4.99 Å². The lowest BCUT2D eigenvalue weighted by Gasteiger charge is -2.13. The monoisotopic (exact) mass is 181 g/mol. The lowest BCUT2D eigenvalue weighted by atomic mass is 9.98. The van der Waals surface area contributed by atoms with Crippen molar-refractivity contribution in [1.82, 2.24) is 0 Å². The number of hydrogen-bond donors (Lipinski definition) is 1. The first-order chi connectivity index (χ1) is 6.13. The molecule has 0 aromatic rings. The van der Waals surface area contributed by atoms with E-state index in [0.29, 0.717) is 5.57 Å². The zero-order valence-electron chi connectivity index (χ0n) is 8.13. The number of aliphatic imine (C=N–C) groups is 1. The van der Waals surface area contributed by atoms with Gasteiger partial charge in [0.1, 0.15) is 5.76 Å². The molecule has 1 heterocycles. The summed E-state index contributed by atoms with van der Waals surface area (Å²) in [5.74, 6) is -0.00574. The van der Waals surface area contributed by atoms with Gasteiger partial charge in [-0.25, -0.2) is 0 Å². The Bertz CT molecular complexity index is 273. The van der Waals surface area contributed by atoms with Gasteiger partial charge in [0, 0.05) is 12.3 Å². The summed E-state index contributed by atoms with van der Waals surface area (Å²) in [6.07, 6.45) is 2.95. The molecule has 0 spiro atoms. The molecular formula is C10H15NO2. The Kier molecular flexibility index (Phi) is 3.23. The molecule has 0 saturated carbocycles. The van der Waals surface area contributed by atoms with Gasteiger partial charge in [0.2, 0.25) is 0 Å². The molecule has 0 aromatic carbocycles. The first kappa shape index (κ1) is 9.96. The average molecular weight is 181 g/mol. The zero-order valence-corrected chi connectivity index (χ0v) is 8.13. The van der Waals surface area contributed by atoms with Crippen LogP contribution in [0, 0.1) is 0 Å². The minimum Gasteiger partial charge on any atom is -0.512 e. The first-order valence-electron chi connectivity index (χ1n) is 4.57. The summed E-state index contributed by atoms with van der Waals surface area (Å²) >= 11 is 0. The molecule has 0 radical (unpaired) electrons. The number of nitrogens with zero attached hydrogens (tertiary/aromatic N) is 1. The van der Waals surface area contributed by atoms with Gasteiger partial charge in [-0.1, -0.05) is 0 Å². The lowest BCUT2D eigenvalue weighted by molar-refractivity contribution is -0.113. The fraction of sp³-hybridized carbons (Fsp3) is 0.600. The van der Waals surface area contributed by atoms with Gasteiger partial charge in [-0.15, -0.1) is 0 Å². The maximum absolute atomic E-state index is 11.2. The molecule has 1 aliphatic heterocycles. The molecule has 0 fully saturated rings. The fourth-order valence-electron chi connectivity index (χ4n) is 1.57. The van der Waals surface area contributed by atoms with E-state index in [-0.39, 0.29) is 11.5 Å². The lowest BCUT2D eigenvalue weighted by Crippen LogP contribution is -2.16. The summed E-state index contributed by atoms with van der Waals surface area (Å²) < 4.78 is 0. The molecule has 72 valence electrons. The fourth-order valence-corrected chi connectivity index (χ4v) is 1.57. The van der Waals surface area contributed by atoms with E-state index < -0.39 is 0 Å². The van der Waals surface area contributed by atoms with E-state index in [1.165, 1.54) is 13.8 Å². The van der Waals surface area contributed by atoms with Gasteiger partial charge in [-0.05, 0) is 33.1 Å². The Labute approximate surface area is 78.2 Å². The highest BCUT2D eigenvalue weighted by molar-refractivity contribution is 6.22. The van der Waals surface area contributed by atoms with E-state index in [1.54, 1.807) is 0 Å². The predicted octanol–water partition coefficient (Wildman–Crippen LogP) is 2.03. The molecule has 3 heteroatoms. The van der Waals surface area contributed by atoms with Gasteiger partial charge < -0.3 is 5.11 Å². The number of ketones is 1. The number of hydrogen-bond acceptors (Lipinski definition) is 3. The molecule has 0 atom stereocenters. The Morgan fingerprint density at radius 1 is 1.38 bits per heavy atom. The van der Waals surface area contributed by atoms with Gasteiger partial charge in [0.25, 0.3) is 0 Å². The first-order valence-corrected chi connectivity index (χ1v) is 4.57. The van der Waals surface area contributed by atoms with E-state index in [4.69, 9.17) is 0 Å². The minimum absolute atomic E-state index is 0.0909. The third kappa shape index (κ3) is 2.41. The maximum atomic E-state index is 11.2. The van der Waals surface area contributed by atoms with Crippen molar-refractivity contribution in [3.05, 3.63) is 11.3 Å². The minimum atomic E-state index is -0.0966. The van der Waals surface area contributed by atoms with Gasteiger partial charge in [-0.2, -0.15) is 0 Å². The Morgan fingerprint density at radius 2 is 2.08 bits per heavy atom. The Balaban J connectivity index is 2.95. The van der Waals surface area contributed by atoms with Crippen LogP contribution < -0.4 is 0 Å². The van der Waals surface area contributed by atoms with Crippen LogP contribution in [0.2, 0.25) is 0 Å². The van der Waals surface area contributed by atoms with Crippen LogP contribution in [0.5, 0.6) is 0 Å². The van der Waals surface area contributed by atoms with Crippen LogP contribution in [0.15, 0.2) is 16.3 Å².